The SMILES string of the molecule is COCc1ccccc1CNc1cccc(C(F)(F)F)n1. The molecule has 1 heterocycles. The van der Waals surface area contributed by atoms with Crippen molar-refractivity contribution in [2.75, 3.05) is 12.4 Å². The Morgan fingerprint density at radius 1 is 1.05 bits per heavy atom. The lowest BCUT2D eigenvalue weighted by molar-refractivity contribution is -0.141. The van der Waals surface area contributed by atoms with Gasteiger partial charge < -0.3 is 10.1 Å². The molecule has 0 spiro atoms. The predicted octanol–water partition coefficient (Wildman–Crippen LogP) is 3.86. The van der Waals surface area contributed by atoms with Crippen LogP contribution in [0.2, 0.25) is 0 Å². The van der Waals surface area contributed by atoms with E-state index in [-0.39, 0.29) is 5.82 Å². The molecular formula is C15H15F3N2O. The number of alkyl halides is 3. The molecule has 1 aromatic carbocycles. The number of nitrogens with one attached hydrogen (secondary N) is 1. The summed E-state index contributed by atoms with van der Waals surface area (Å²) in [5, 5.41) is 2.91. The lowest BCUT2D eigenvalue weighted by Gasteiger charge is -2.12. The van der Waals surface area contributed by atoms with E-state index in [1.54, 1.807) is 7.11 Å². The van der Waals surface area contributed by atoms with Crippen LogP contribution in [0.25, 0.3) is 0 Å². The Morgan fingerprint density at radius 3 is 2.43 bits per heavy atom. The normalized spacial score (nSPS) is 11.4. The summed E-state index contributed by atoms with van der Waals surface area (Å²) in [4.78, 5) is 3.57. The Kier molecular flexibility index (Phi) is 4.80. The standard InChI is InChI=1S/C15H15F3N2O/c1-21-10-12-6-3-2-5-11(12)9-19-14-8-4-7-13(20-14)15(16,17)18/h2-8H,9-10H2,1H3,(H,19,20). The summed E-state index contributed by atoms with van der Waals surface area (Å²) in [6, 6.07) is 11.4. The predicted molar refractivity (Wildman–Crippen MR) is 73.7 cm³/mol. The maximum atomic E-state index is 12.6. The average molecular weight is 296 g/mol. The molecule has 1 aromatic heterocycles. The van der Waals surface area contributed by atoms with Crippen LogP contribution in [0, 0.1) is 0 Å². The molecule has 2 aromatic rings. The summed E-state index contributed by atoms with van der Waals surface area (Å²) in [5.74, 6) is 0.192. The number of halogens is 3. The number of hydrogen-bond donors (Lipinski definition) is 1. The van der Waals surface area contributed by atoms with Crippen LogP contribution in [-0.2, 0) is 24.1 Å². The van der Waals surface area contributed by atoms with Crippen molar-refractivity contribution in [1.82, 2.24) is 4.98 Å². The van der Waals surface area contributed by atoms with Gasteiger partial charge in [-0.3, -0.25) is 0 Å². The van der Waals surface area contributed by atoms with E-state index in [1.807, 2.05) is 24.3 Å². The highest BCUT2D eigenvalue weighted by Gasteiger charge is 2.32. The highest BCUT2D eigenvalue weighted by molar-refractivity contribution is 5.38. The van der Waals surface area contributed by atoms with Crippen LogP contribution in [-0.4, -0.2) is 12.1 Å². The second-order valence-electron chi connectivity index (χ2n) is 4.46. The van der Waals surface area contributed by atoms with Gasteiger partial charge in [0.15, 0.2) is 0 Å². The second-order valence-corrected chi connectivity index (χ2v) is 4.46. The summed E-state index contributed by atoms with van der Waals surface area (Å²) < 4.78 is 42.9. The molecule has 112 valence electrons. The Labute approximate surface area is 120 Å². The minimum absolute atomic E-state index is 0.192. The van der Waals surface area contributed by atoms with Crippen molar-refractivity contribution in [2.45, 2.75) is 19.3 Å². The fourth-order valence-electron chi connectivity index (χ4n) is 1.90. The highest BCUT2D eigenvalue weighted by Crippen LogP contribution is 2.28. The number of aromatic nitrogens is 1. The molecule has 6 heteroatoms. The van der Waals surface area contributed by atoms with E-state index in [0.717, 1.165) is 17.2 Å². The summed E-state index contributed by atoms with van der Waals surface area (Å²) in [6.07, 6.45) is -4.44. The molecule has 0 radical (unpaired) electrons. The largest absolute Gasteiger partial charge is 0.433 e. The van der Waals surface area contributed by atoms with Crippen LogP contribution in [0.3, 0.4) is 0 Å². The fourth-order valence-corrected chi connectivity index (χ4v) is 1.90. The molecule has 0 amide bonds. The molecule has 3 nitrogen and oxygen atoms in total. The van der Waals surface area contributed by atoms with Crippen molar-refractivity contribution in [3.63, 3.8) is 0 Å². The monoisotopic (exact) mass is 296 g/mol. The molecular weight excluding hydrogens is 281 g/mol. The van der Waals surface area contributed by atoms with Gasteiger partial charge in [0.1, 0.15) is 11.5 Å². The quantitative estimate of drug-likeness (QED) is 0.909. The van der Waals surface area contributed by atoms with Gasteiger partial charge in [-0.2, -0.15) is 13.2 Å². The van der Waals surface area contributed by atoms with Gasteiger partial charge in [0.25, 0.3) is 0 Å². The molecule has 0 bridgehead atoms. The molecule has 0 unspecified atom stereocenters. The fraction of sp³-hybridized carbons (Fsp3) is 0.267. The third-order valence-electron chi connectivity index (χ3n) is 2.92. The summed E-state index contributed by atoms with van der Waals surface area (Å²) in [7, 11) is 1.60. The molecule has 0 aliphatic carbocycles. The van der Waals surface area contributed by atoms with Crippen LogP contribution in [0.1, 0.15) is 16.8 Å². The third kappa shape index (κ3) is 4.19. The van der Waals surface area contributed by atoms with Crippen molar-refractivity contribution in [3.8, 4) is 0 Å². The lowest BCUT2D eigenvalue weighted by atomic mass is 10.1. The topological polar surface area (TPSA) is 34.1 Å². The summed E-state index contributed by atoms with van der Waals surface area (Å²) in [5.41, 5.74) is 1.04. The molecule has 2 rings (SSSR count). The zero-order valence-electron chi connectivity index (χ0n) is 11.4. The second kappa shape index (κ2) is 6.58. The first-order valence-electron chi connectivity index (χ1n) is 6.34. The van der Waals surface area contributed by atoms with Crippen LogP contribution < -0.4 is 5.32 Å². The van der Waals surface area contributed by atoms with Gasteiger partial charge in [0.2, 0.25) is 0 Å². The van der Waals surface area contributed by atoms with E-state index in [0.29, 0.717) is 13.2 Å². The van der Waals surface area contributed by atoms with E-state index in [2.05, 4.69) is 10.3 Å². The number of methoxy groups -OCH3 is 1. The third-order valence-corrected chi connectivity index (χ3v) is 2.92. The Morgan fingerprint density at radius 2 is 1.76 bits per heavy atom. The van der Waals surface area contributed by atoms with E-state index < -0.39 is 11.9 Å². The molecule has 0 saturated heterocycles. The minimum Gasteiger partial charge on any atom is -0.380 e. The number of ether oxygens (including phenoxy) is 1. The summed E-state index contributed by atoms with van der Waals surface area (Å²) >= 11 is 0. The van der Waals surface area contributed by atoms with Gasteiger partial charge in [0, 0.05) is 13.7 Å². The van der Waals surface area contributed by atoms with Crippen molar-refractivity contribution in [1.29, 1.82) is 0 Å². The molecule has 0 aliphatic heterocycles. The Hall–Kier alpha value is -2.08. The maximum Gasteiger partial charge on any atom is 0.433 e. The van der Waals surface area contributed by atoms with E-state index in [9.17, 15) is 13.2 Å². The van der Waals surface area contributed by atoms with Gasteiger partial charge in [0.05, 0.1) is 6.61 Å². The van der Waals surface area contributed by atoms with E-state index >= 15 is 0 Å². The minimum atomic E-state index is -4.44. The molecule has 0 atom stereocenters. The Balaban J connectivity index is 2.10. The number of pyridine rings is 1. The van der Waals surface area contributed by atoms with Crippen molar-refractivity contribution >= 4 is 5.82 Å². The number of nitrogens with zero attached hydrogens (tertiary/aromatic N) is 1. The van der Waals surface area contributed by atoms with Crippen molar-refractivity contribution in [3.05, 3.63) is 59.3 Å². The number of rotatable bonds is 5. The number of hydrogen-bond acceptors (Lipinski definition) is 3. The van der Waals surface area contributed by atoms with Gasteiger partial charge in [-0.15, -0.1) is 0 Å². The van der Waals surface area contributed by atoms with Crippen LogP contribution in [0.5, 0.6) is 0 Å². The van der Waals surface area contributed by atoms with Gasteiger partial charge in [-0.05, 0) is 23.3 Å². The molecule has 0 saturated carbocycles. The van der Waals surface area contributed by atoms with Crippen LogP contribution in [0.4, 0.5) is 19.0 Å². The van der Waals surface area contributed by atoms with E-state index in [4.69, 9.17) is 4.74 Å². The zero-order chi connectivity index (χ0) is 15.3. The lowest BCUT2D eigenvalue weighted by Crippen LogP contribution is -2.10. The van der Waals surface area contributed by atoms with Gasteiger partial charge in [-0.1, -0.05) is 30.3 Å². The average Bonchev–Trinajstić information content (AvgIpc) is 2.46. The van der Waals surface area contributed by atoms with Crippen molar-refractivity contribution < 1.29 is 17.9 Å². The first-order chi connectivity index (χ1) is 10.0. The molecule has 1 N–H and O–H groups in total. The van der Waals surface area contributed by atoms with Crippen LogP contribution in [0.15, 0.2) is 42.5 Å². The van der Waals surface area contributed by atoms with Gasteiger partial charge in [-0.25, -0.2) is 4.98 Å². The summed E-state index contributed by atoms with van der Waals surface area (Å²) in [6.45, 7) is 0.835. The highest BCUT2D eigenvalue weighted by atomic mass is 19.4. The molecule has 0 fully saturated rings. The van der Waals surface area contributed by atoms with Crippen molar-refractivity contribution in [2.24, 2.45) is 0 Å². The van der Waals surface area contributed by atoms with E-state index in [1.165, 1.54) is 12.1 Å². The smallest absolute Gasteiger partial charge is 0.380 e. The zero-order valence-corrected chi connectivity index (χ0v) is 11.4. The number of anilines is 1. The number of benzene rings is 1. The maximum absolute atomic E-state index is 12.6. The first-order valence-corrected chi connectivity index (χ1v) is 6.34. The molecule has 21 heavy (non-hydrogen) atoms. The Bertz CT molecular complexity index is 599. The van der Waals surface area contributed by atoms with Crippen LogP contribution >= 0.6 is 0 Å². The molecule has 0 aliphatic rings. The first kappa shape index (κ1) is 15.3. The van der Waals surface area contributed by atoms with Gasteiger partial charge >= 0.3 is 6.18 Å².